The topological polar surface area (TPSA) is 79.6 Å². The van der Waals surface area contributed by atoms with Crippen LogP contribution in [0.15, 0.2) is 10.6 Å². The summed E-state index contributed by atoms with van der Waals surface area (Å²) >= 11 is 0. The van der Waals surface area contributed by atoms with Gasteiger partial charge in [0, 0.05) is 31.2 Å². The summed E-state index contributed by atoms with van der Waals surface area (Å²) in [7, 11) is 0. The van der Waals surface area contributed by atoms with Crippen LogP contribution in [0.25, 0.3) is 0 Å². The average Bonchev–Trinajstić information content (AvgIpc) is 2.81. The van der Waals surface area contributed by atoms with Crippen molar-refractivity contribution in [1.82, 2.24) is 15.4 Å². The van der Waals surface area contributed by atoms with Crippen LogP contribution in [0.1, 0.15) is 33.5 Å². The fourth-order valence-electron chi connectivity index (χ4n) is 2.67. The maximum atomic E-state index is 11.9. The highest BCUT2D eigenvalue weighted by molar-refractivity contribution is 5.88. The number of anilines is 1. The lowest BCUT2D eigenvalue weighted by Crippen LogP contribution is -2.59. The largest absolute Gasteiger partial charge is 0.373 e. The molecule has 1 saturated heterocycles. The Hall–Kier alpha value is -1.60. The summed E-state index contributed by atoms with van der Waals surface area (Å²) in [5.41, 5.74) is -0.149. The van der Waals surface area contributed by atoms with Crippen molar-refractivity contribution in [3.8, 4) is 0 Å². The zero-order chi connectivity index (χ0) is 16.3. The molecule has 1 fully saturated rings. The second kappa shape index (κ2) is 6.66. The van der Waals surface area contributed by atoms with Crippen LogP contribution in [0.3, 0.4) is 0 Å². The molecule has 0 bridgehead atoms. The number of carbonyl (C=O) groups is 1. The van der Waals surface area contributed by atoms with Gasteiger partial charge in [0.15, 0.2) is 5.82 Å². The van der Waals surface area contributed by atoms with Gasteiger partial charge < -0.3 is 14.6 Å². The number of nitrogens with zero attached hydrogens (tertiary/aromatic N) is 2. The first kappa shape index (κ1) is 16.8. The lowest BCUT2D eigenvalue weighted by molar-refractivity contribution is -0.0947. The number of ether oxygens (including phenoxy) is 1. The molecule has 0 unspecified atom stereocenters. The minimum absolute atomic E-state index is 0.149. The van der Waals surface area contributed by atoms with Gasteiger partial charge in [0.05, 0.1) is 12.2 Å². The Kier molecular flexibility index (Phi) is 5.08. The fourth-order valence-corrected chi connectivity index (χ4v) is 2.67. The van der Waals surface area contributed by atoms with E-state index in [4.69, 9.17) is 9.26 Å². The van der Waals surface area contributed by atoms with E-state index in [1.165, 1.54) is 0 Å². The van der Waals surface area contributed by atoms with E-state index in [0.29, 0.717) is 18.1 Å². The fraction of sp³-hybridized carbons (Fsp3) is 0.733. The van der Waals surface area contributed by atoms with Crippen molar-refractivity contribution in [1.29, 1.82) is 0 Å². The van der Waals surface area contributed by atoms with Gasteiger partial charge in [-0.2, -0.15) is 0 Å². The van der Waals surface area contributed by atoms with E-state index in [1.54, 1.807) is 13.0 Å². The summed E-state index contributed by atoms with van der Waals surface area (Å²) < 4.78 is 10.7. The Morgan fingerprint density at radius 1 is 1.41 bits per heavy atom. The third-order valence-electron chi connectivity index (χ3n) is 3.83. The molecule has 0 aliphatic carbocycles. The number of hydrogen-bond donors (Lipinski definition) is 2. The standard InChI is InChI=1S/C15H26N4O3/c1-10-6-13(18-22-10)17-14(20)16-9-15(4,5)19-7-11(2)21-12(3)8-19/h6,11-12H,7-9H2,1-5H3,(H2,16,17,18,20)/t11-,12-/m0/s1. The number of morpholine rings is 1. The Balaban J connectivity index is 1.84. The van der Waals surface area contributed by atoms with Gasteiger partial charge in [-0.25, -0.2) is 4.79 Å². The van der Waals surface area contributed by atoms with Gasteiger partial charge in [-0.05, 0) is 34.6 Å². The van der Waals surface area contributed by atoms with Gasteiger partial charge >= 0.3 is 6.03 Å². The molecule has 2 rings (SSSR count). The van der Waals surface area contributed by atoms with E-state index < -0.39 is 0 Å². The quantitative estimate of drug-likeness (QED) is 0.889. The zero-order valence-corrected chi connectivity index (χ0v) is 14.0. The number of aryl methyl sites for hydroxylation is 1. The molecule has 7 heteroatoms. The lowest BCUT2D eigenvalue weighted by Gasteiger charge is -2.45. The molecule has 1 aliphatic rings. The van der Waals surface area contributed by atoms with Crippen LogP contribution in [0.4, 0.5) is 10.6 Å². The number of aromatic nitrogens is 1. The van der Waals surface area contributed by atoms with E-state index in [1.807, 2.05) is 0 Å². The van der Waals surface area contributed by atoms with Crippen molar-refractivity contribution < 1.29 is 14.1 Å². The molecule has 0 saturated carbocycles. The van der Waals surface area contributed by atoms with Gasteiger partial charge in [-0.15, -0.1) is 0 Å². The Labute approximate surface area is 131 Å². The van der Waals surface area contributed by atoms with E-state index in [-0.39, 0.29) is 23.8 Å². The van der Waals surface area contributed by atoms with Crippen LogP contribution in [-0.4, -0.2) is 53.5 Å². The Morgan fingerprint density at radius 3 is 2.59 bits per heavy atom. The molecule has 2 heterocycles. The monoisotopic (exact) mass is 310 g/mol. The van der Waals surface area contributed by atoms with Crippen molar-refractivity contribution in [2.75, 3.05) is 25.0 Å². The molecule has 0 aromatic carbocycles. The van der Waals surface area contributed by atoms with Crippen molar-refractivity contribution >= 4 is 11.8 Å². The maximum absolute atomic E-state index is 11.9. The predicted octanol–water partition coefficient (Wildman–Crippen LogP) is 1.99. The molecular formula is C15H26N4O3. The maximum Gasteiger partial charge on any atom is 0.320 e. The van der Waals surface area contributed by atoms with Gasteiger partial charge in [0.2, 0.25) is 0 Å². The molecule has 7 nitrogen and oxygen atoms in total. The van der Waals surface area contributed by atoms with Gasteiger partial charge in [0.1, 0.15) is 5.76 Å². The number of nitrogens with one attached hydrogen (secondary N) is 2. The number of hydrogen-bond acceptors (Lipinski definition) is 5. The minimum atomic E-state index is -0.282. The first-order valence-electron chi connectivity index (χ1n) is 7.65. The molecule has 2 amide bonds. The van der Waals surface area contributed by atoms with E-state index in [0.717, 1.165) is 13.1 Å². The van der Waals surface area contributed by atoms with Crippen molar-refractivity contribution in [2.45, 2.75) is 52.4 Å². The van der Waals surface area contributed by atoms with E-state index >= 15 is 0 Å². The summed E-state index contributed by atoms with van der Waals surface area (Å²) in [4.78, 5) is 14.3. The highest BCUT2D eigenvalue weighted by atomic mass is 16.5. The molecule has 2 atom stereocenters. The third-order valence-corrected chi connectivity index (χ3v) is 3.83. The minimum Gasteiger partial charge on any atom is -0.373 e. The van der Waals surface area contributed by atoms with Crippen LogP contribution in [-0.2, 0) is 4.74 Å². The summed E-state index contributed by atoms with van der Waals surface area (Å²) in [6.07, 6.45) is 0.407. The second-order valence-electron chi connectivity index (χ2n) is 6.61. The molecule has 2 N–H and O–H groups in total. The molecular weight excluding hydrogens is 284 g/mol. The van der Waals surface area contributed by atoms with E-state index in [2.05, 4.69) is 48.4 Å². The number of urea groups is 1. The van der Waals surface area contributed by atoms with Crippen molar-refractivity contribution in [3.05, 3.63) is 11.8 Å². The smallest absolute Gasteiger partial charge is 0.320 e. The van der Waals surface area contributed by atoms with E-state index in [9.17, 15) is 4.79 Å². The van der Waals surface area contributed by atoms with Crippen molar-refractivity contribution in [3.63, 3.8) is 0 Å². The molecule has 1 aromatic heterocycles. The van der Waals surface area contributed by atoms with Gasteiger partial charge in [0.25, 0.3) is 0 Å². The Bertz CT molecular complexity index is 505. The molecule has 1 aromatic rings. The highest BCUT2D eigenvalue weighted by Crippen LogP contribution is 2.20. The zero-order valence-electron chi connectivity index (χ0n) is 14.0. The molecule has 0 radical (unpaired) electrons. The van der Waals surface area contributed by atoms with Gasteiger partial charge in [-0.3, -0.25) is 10.2 Å². The SMILES string of the molecule is Cc1cc(NC(=O)NCC(C)(C)N2C[C@H](C)O[C@@H](C)C2)no1. The normalized spacial score (nSPS) is 23.3. The van der Waals surface area contributed by atoms with Crippen LogP contribution in [0.2, 0.25) is 0 Å². The summed E-state index contributed by atoms with van der Waals surface area (Å²) in [5, 5.41) is 9.29. The summed E-state index contributed by atoms with van der Waals surface area (Å²) in [5.74, 6) is 1.08. The first-order valence-corrected chi connectivity index (χ1v) is 7.65. The number of carbonyl (C=O) groups excluding carboxylic acids is 1. The molecule has 124 valence electrons. The summed E-state index contributed by atoms with van der Waals surface area (Å²) in [6, 6.07) is 1.39. The van der Waals surface area contributed by atoms with Crippen molar-refractivity contribution in [2.24, 2.45) is 0 Å². The van der Waals surface area contributed by atoms with Crippen LogP contribution >= 0.6 is 0 Å². The first-order chi connectivity index (χ1) is 10.3. The third kappa shape index (κ3) is 4.45. The second-order valence-corrected chi connectivity index (χ2v) is 6.61. The highest BCUT2D eigenvalue weighted by Gasteiger charge is 2.33. The molecule has 0 spiro atoms. The van der Waals surface area contributed by atoms with Crippen LogP contribution < -0.4 is 10.6 Å². The average molecular weight is 310 g/mol. The summed E-state index contributed by atoms with van der Waals surface area (Å²) in [6.45, 7) is 12.4. The van der Waals surface area contributed by atoms with Crippen LogP contribution in [0, 0.1) is 6.92 Å². The molecule has 1 aliphatic heterocycles. The molecule has 22 heavy (non-hydrogen) atoms. The Morgan fingerprint density at radius 2 is 2.05 bits per heavy atom. The lowest BCUT2D eigenvalue weighted by atomic mass is 10.0. The predicted molar refractivity (Wildman–Crippen MR) is 83.9 cm³/mol. The number of rotatable bonds is 4. The van der Waals surface area contributed by atoms with Gasteiger partial charge in [-0.1, -0.05) is 5.16 Å². The van der Waals surface area contributed by atoms with Crippen LogP contribution in [0.5, 0.6) is 0 Å². The number of amides is 2.